The van der Waals surface area contributed by atoms with Crippen LogP contribution in [0.25, 0.3) is 0 Å². The predicted molar refractivity (Wildman–Crippen MR) is 119 cm³/mol. The molecule has 0 aliphatic heterocycles. The van der Waals surface area contributed by atoms with E-state index < -0.39 is 6.04 Å². The zero-order chi connectivity index (χ0) is 21.4. The summed E-state index contributed by atoms with van der Waals surface area (Å²) in [6.45, 7) is 6.13. The van der Waals surface area contributed by atoms with Crippen LogP contribution >= 0.6 is 15.9 Å². The number of hydrogen-bond donors (Lipinski definition) is 1. The maximum Gasteiger partial charge on any atom is 0.242 e. The molecule has 0 bridgehead atoms. The maximum absolute atomic E-state index is 13.1. The number of halogens is 1. The van der Waals surface area contributed by atoms with Crippen LogP contribution in [0.15, 0.2) is 53.0 Å². The Morgan fingerprint density at radius 2 is 1.62 bits per heavy atom. The Hall–Kier alpha value is -2.34. The number of carbonyl (C=O) groups is 2. The Labute approximate surface area is 181 Å². The zero-order valence-electron chi connectivity index (χ0n) is 17.4. The summed E-state index contributed by atoms with van der Waals surface area (Å²) in [4.78, 5) is 27.5. The van der Waals surface area contributed by atoms with Gasteiger partial charge in [0.2, 0.25) is 11.8 Å². The molecule has 0 fully saturated rings. The van der Waals surface area contributed by atoms with Crippen LogP contribution in [0.2, 0.25) is 0 Å². The van der Waals surface area contributed by atoms with Crippen LogP contribution in [-0.4, -0.2) is 35.9 Å². The van der Waals surface area contributed by atoms with Gasteiger partial charge >= 0.3 is 0 Å². The molecule has 0 spiro atoms. The molecular formula is C23H29BrN2O3. The summed E-state index contributed by atoms with van der Waals surface area (Å²) in [5, 5.41) is 2.98. The minimum absolute atomic E-state index is 0.0659. The van der Waals surface area contributed by atoms with E-state index in [0.29, 0.717) is 6.54 Å². The Balaban J connectivity index is 2.20. The van der Waals surface area contributed by atoms with Crippen molar-refractivity contribution in [1.29, 1.82) is 0 Å². The molecule has 0 saturated carbocycles. The highest BCUT2D eigenvalue weighted by atomic mass is 79.9. The monoisotopic (exact) mass is 460 g/mol. The molecule has 2 rings (SSSR count). The van der Waals surface area contributed by atoms with Gasteiger partial charge in [0.15, 0.2) is 0 Å². The van der Waals surface area contributed by atoms with Gasteiger partial charge in [-0.3, -0.25) is 9.59 Å². The zero-order valence-corrected chi connectivity index (χ0v) is 19.0. The number of hydrogen-bond acceptors (Lipinski definition) is 3. The Bertz CT molecular complexity index is 806. The minimum Gasteiger partial charge on any atom is -0.497 e. The molecule has 2 amide bonds. The number of methoxy groups -OCH3 is 1. The van der Waals surface area contributed by atoms with E-state index in [4.69, 9.17) is 4.74 Å². The molecule has 0 aliphatic carbocycles. The van der Waals surface area contributed by atoms with Crippen molar-refractivity contribution in [2.24, 2.45) is 0 Å². The first-order valence-electron chi connectivity index (χ1n) is 9.81. The lowest BCUT2D eigenvalue weighted by Crippen LogP contribution is -2.49. The van der Waals surface area contributed by atoms with Crippen LogP contribution in [0.1, 0.15) is 38.3 Å². The number of amides is 2. The van der Waals surface area contributed by atoms with Crippen molar-refractivity contribution >= 4 is 27.7 Å². The first-order valence-corrected chi connectivity index (χ1v) is 10.6. The third kappa shape index (κ3) is 6.89. The molecule has 156 valence electrons. The van der Waals surface area contributed by atoms with Crippen LogP contribution in [0, 0.1) is 0 Å². The lowest BCUT2D eigenvalue weighted by atomic mass is 10.1. The Morgan fingerprint density at radius 3 is 2.17 bits per heavy atom. The van der Waals surface area contributed by atoms with Gasteiger partial charge in [-0.05, 0) is 55.7 Å². The van der Waals surface area contributed by atoms with Crippen molar-refractivity contribution in [3.05, 3.63) is 64.1 Å². The number of nitrogens with one attached hydrogen (secondary N) is 1. The third-order valence-corrected chi connectivity index (χ3v) is 5.48. The van der Waals surface area contributed by atoms with E-state index >= 15 is 0 Å². The first kappa shape index (κ1) is 22.9. The lowest BCUT2D eigenvalue weighted by molar-refractivity contribution is -0.140. The standard InChI is InChI=1S/C23H29BrN2O3/c1-5-16(2)25-23(28)17(3)26(15-19-6-10-20(24)11-7-19)22(27)14-18-8-12-21(29-4)13-9-18/h6-13,16-17H,5,14-15H2,1-4H3,(H,25,28)/t16-,17+/m0/s1. The van der Waals surface area contributed by atoms with E-state index in [-0.39, 0.29) is 24.3 Å². The van der Waals surface area contributed by atoms with E-state index in [0.717, 1.165) is 27.8 Å². The highest BCUT2D eigenvalue weighted by Gasteiger charge is 2.26. The van der Waals surface area contributed by atoms with E-state index in [1.807, 2.05) is 62.4 Å². The van der Waals surface area contributed by atoms with Gasteiger partial charge in [0.25, 0.3) is 0 Å². The maximum atomic E-state index is 13.1. The Morgan fingerprint density at radius 1 is 1.03 bits per heavy atom. The van der Waals surface area contributed by atoms with Gasteiger partial charge in [-0.15, -0.1) is 0 Å². The normalized spacial score (nSPS) is 12.7. The third-order valence-electron chi connectivity index (χ3n) is 4.95. The smallest absolute Gasteiger partial charge is 0.242 e. The SMILES string of the molecule is CC[C@H](C)NC(=O)[C@@H](C)N(Cc1ccc(Br)cc1)C(=O)Cc1ccc(OC)cc1. The molecule has 0 aromatic heterocycles. The second-order valence-corrected chi connectivity index (χ2v) is 8.08. The molecule has 0 radical (unpaired) electrons. The molecule has 0 unspecified atom stereocenters. The van der Waals surface area contributed by atoms with Gasteiger partial charge < -0.3 is 15.0 Å². The van der Waals surface area contributed by atoms with Crippen LogP contribution < -0.4 is 10.1 Å². The van der Waals surface area contributed by atoms with Gasteiger partial charge in [-0.1, -0.05) is 47.1 Å². The van der Waals surface area contributed by atoms with Crippen LogP contribution in [-0.2, 0) is 22.6 Å². The van der Waals surface area contributed by atoms with Crippen LogP contribution in [0.3, 0.4) is 0 Å². The highest BCUT2D eigenvalue weighted by molar-refractivity contribution is 9.10. The number of rotatable bonds is 9. The number of benzene rings is 2. The summed E-state index contributed by atoms with van der Waals surface area (Å²) in [6.07, 6.45) is 1.06. The highest BCUT2D eigenvalue weighted by Crippen LogP contribution is 2.17. The molecule has 29 heavy (non-hydrogen) atoms. The molecular weight excluding hydrogens is 432 g/mol. The van der Waals surface area contributed by atoms with Crippen LogP contribution in [0.5, 0.6) is 5.75 Å². The quantitative estimate of drug-likeness (QED) is 0.605. The van der Waals surface area contributed by atoms with E-state index in [1.165, 1.54) is 0 Å². The van der Waals surface area contributed by atoms with Gasteiger partial charge in [-0.2, -0.15) is 0 Å². The minimum atomic E-state index is -0.571. The van der Waals surface area contributed by atoms with Gasteiger partial charge in [0, 0.05) is 17.1 Å². The van der Waals surface area contributed by atoms with Crippen molar-refractivity contribution in [3.63, 3.8) is 0 Å². The second-order valence-electron chi connectivity index (χ2n) is 7.17. The number of ether oxygens (including phenoxy) is 1. The molecule has 2 aromatic rings. The summed E-state index contributed by atoms with van der Waals surface area (Å²) in [6, 6.07) is 14.7. The van der Waals surface area contributed by atoms with E-state index in [1.54, 1.807) is 18.9 Å². The summed E-state index contributed by atoms with van der Waals surface area (Å²) < 4.78 is 6.15. The average Bonchev–Trinajstić information content (AvgIpc) is 2.73. The van der Waals surface area contributed by atoms with Crippen molar-refractivity contribution in [2.45, 2.75) is 52.2 Å². The predicted octanol–water partition coefficient (Wildman–Crippen LogP) is 4.33. The van der Waals surface area contributed by atoms with Gasteiger partial charge in [-0.25, -0.2) is 0 Å². The van der Waals surface area contributed by atoms with E-state index in [9.17, 15) is 9.59 Å². The second kappa shape index (κ2) is 11.0. The van der Waals surface area contributed by atoms with Crippen molar-refractivity contribution in [3.8, 4) is 5.75 Å². The topological polar surface area (TPSA) is 58.6 Å². The number of nitrogens with zero attached hydrogens (tertiary/aromatic N) is 1. The van der Waals surface area contributed by atoms with Gasteiger partial charge in [0.05, 0.1) is 13.5 Å². The summed E-state index contributed by atoms with van der Waals surface area (Å²) in [7, 11) is 1.61. The molecule has 5 nitrogen and oxygen atoms in total. The molecule has 1 N–H and O–H groups in total. The molecule has 0 aliphatic rings. The molecule has 0 heterocycles. The fourth-order valence-corrected chi connectivity index (χ4v) is 3.12. The number of carbonyl (C=O) groups excluding carboxylic acids is 2. The summed E-state index contributed by atoms with van der Waals surface area (Å²) >= 11 is 3.43. The lowest BCUT2D eigenvalue weighted by Gasteiger charge is -2.30. The fourth-order valence-electron chi connectivity index (χ4n) is 2.85. The molecule has 2 atom stereocenters. The van der Waals surface area contributed by atoms with Crippen molar-refractivity contribution in [2.75, 3.05) is 7.11 Å². The fraction of sp³-hybridized carbons (Fsp3) is 0.391. The molecule has 6 heteroatoms. The molecule has 0 saturated heterocycles. The van der Waals surface area contributed by atoms with Crippen LogP contribution in [0.4, 0.5) is 0 Å². The molecule has 2 aromatic carbocycles. The summed E-state index contributed by atoms with van der Waals surface area (Å²) in [5.41, 5.74) is 1.85. The first-order chi connectivity index (χ1) is 13.8. The summed E-state index contributed by atoms with van der Waals surface area (Å²) in [5.74, 6) is 0.513. The van der Waals surface area contributed by atoms with Crippen molar-refractivity contribution < 1.29 is 14.3 Å². The van der Waals surface area contributed by atoms with Gasteiger partial charge in [0.1, 0.15) is 11.8 Å². The Kier molecular flexibility index (Phi) is 8.70. The van der Waals surface area contributed by atoms with E-state index in [2.05, 4.69) is 21.2 Å². The average molecular weight is 461 g/mol. The largest absolute Gasteiger partial charge is 0.497 e. The van der Waals surface area contributed by atoms with Crippen molar-refractivity contribution in [1.82, 2.24) is 10.2 Å².